The second kappa shape index (κ2) is 11.3. The van der Waals surface area contributed by atoms with Crippen molar-refractivity contribution in [1.82, 2.24) is 10.2 Å². The number of carbonyl (C=O) groups is 1. The van der Waals surface area contributed by atoms with Crippen molar-refractivity contribution in [2.45, 2.75) is 72.8 Å². The summed E-state index contributed by atoms with van der Waals surface area (Å²) in [7, 11) is 0. The molecule has 3 nitrogen and oxygen atoms in total. The third kappa shape index (κ3) is 6.87. The molecule has 0 aromatic carbocycles. The van der Waals surface area contributed by atoms with Gasteiger partial charge in [-0.3, -0.25) is 4.79 Å². The number of rotatable bonds is 8. The van der Waals surface area contributed by atoms with Crippen LogP contribution in [0.25, 0.3) is 0 Å². The minimum absolute atomic E-state index is 0. The Morgan fingerprint density at radius 2 is 1.68 bits per heavy atom. The lowest BCUT2D eigenvalue weighted by Crippen LogP contribution is -2.43. The molecule has 1 aliphatic heterocycles. The van der Waals surface area contributed by atoms with Crippen LogP contribution < -0.4 is 5.32 Å². The van der Waals surface area contributed by atoms with Crippen LogP contribution in [0.5, 0.6) is 0 Å². The Labute approximate surface area is 144 Å². The van der Waals surface area contributed by atoms with Crippen LogP contribution in [0.3, 0.4) is 0 Å². The van der Waals surface area contributed by atoms with Crippen molar-refractivity contribution in [1.29, 1.82) is 0 Å². The monoisotopic (exact) mass is 332 g/mol. The van der Waals surface area contributed by atoms with Gasteiger partial charge in [-0.25, -0.2) is 0 Å². The molecule has 22 heavy (non-hydrogen) atoms. The molecule has 1 heterocycles. The second-order valence-electron chi connectivity index (χ2n) is 7.18. The summed E-state index contributed by atoms with van der Waals surface area (Å²) < 4.78 is 0. The fourth-order valence-corrected chi connectivity index (χ4v) is 3.55. The lowest BCUT2D eigenvalue weighted by molar-refractivity contribution is -0.135. The van der Waals surface area contributed by atoms with Crippen LogP contribution in [0, 0.1) is 17.8 Å². The summed E-state index contributed by atoms with van der Waals surface area (Å²) >= 11 is 0. The summed E-state index contributed by atoms with van der Waals surface area (Å²) in [6, 6.07) is 0.417. The Hall–Kier alpha value is -0.280. The molecule has 1 amide bonds. The Morgan fingerprint density at radius 3 is 2.14 bits per heavy atom. The number of amides is 1. The quantitative estimate of drug-likeness (QED) is 0.725. The topological polar surface area (TPSA) is 32.3 Å². The van der Waals surface area contributed by atoms with E-state index in [-0.39, 0.29) is 12.4 Å². The number of piperidine rings is 1. The molecule has 132 valence electrons. The first-order valence-electron chi connectivity index (χ1n) is 8.99. The first-order valence-corrected chi connectivity index (χ1v) is 8.99. The number of nitrogens with one attached hydrogen (secondary N) is 1. The van der Waals surface area contributed by atoms with Crippen molar-refractivity contribution in [3.8, 4) is 0 Å². The number of hydrogen-bond donors (Lipinski definition) is 1. The van der Waals surface area contributed by atoms with Gasteiger partial charge in [-0.1, -0.05) is 34.6 Å². The minimum Gasteiger partial charge on any atom is -0.339 e. The standard InChI is InChI=1S/C18H36N2O.ClH/c1-6-17(7-2)20(13-14(3)4)18(21)12-15(5)16-8-10-19-11-9-16;/h14-17,19H,6-13H2,1-5H3;1H. The molecule has 1 aliphatic rings. The van der Waals surface area contributed by atoms with Crippen LogP contribution in [0.2, 0.25) is 0 Å². The van der Waals surface area contributed by atoms with Gasteiger partial charge in [-0.15, -0.1) is 12.4 Å². The third-order valence-electron chi connectivity index (χ3n) is 4.95. The molecule has 0 spiro atoms. The summed E-state index contributed by atoms with van der Waals surface area (Å²) in [6.07, 6.45) is 5.31. The Morgan fingerprint density at radius 1 is 1.14 bits per heavy atom. The predicted molar refractivity (Wildman–Crippen MR) is 97.5 cm³/mol. The fraction of sp³-hybridized carbons (Fsp3) is 0.944. The maximum Gasteiger partial charge on any atom is 0.223 e. The average molecular weight is 333 g/mol. The minimum atomic E-state index is 0. The van der Waals surface area contributed by atoms with E-state index in [1.807, 2.05) is 0 Å². The zero-order valence-corrected chi connectivity index (χ0v) is 16.0. The highest BCUT2D eigenvalue weighted by molar-refractivity contribution is 5.85. The average Bonchev–Trinajstić information content (AvgIpc) is 2.47. The van der Waals surface area contributed by atoms with Crippen LogP contribution in [0.4, 0.5) is 0 Å². The fourth-order valence-electron chi connectivity index (χ4n) is 3.55. The lowest BCUT2D eigenvalue weighted by atomic mass is 9.83. The van der Waals surface area contributed by atoms with Gasteiger partial charge in [0.05, 0.1) is 0 Å². The Bertz CT molecular complexity index is 299. The van der Waals surface area contributed by atoms with Gasteiger partial charge in [-0.05, 0) is 56.5 Å². The molecule has 1 atom stereocenters. The molecule has 4 heteroatoms. The third-order valence-corrected chi connectivity index (χ3v) is 4.95. The summed E-state index contributed by atoms with van der Waals surface area (Å²) in [5, 5.41) is 3.41. The summed E-state index contributed by atoms with van der Waals surface area (Å²) in [6.45, 7) is 14.2. The summed E-state index contributed by atoms with van der Waals surface area (Å²) in [4.78, 5) is 15.0. The van der Waals surface area contributed by atoms with Gasteiger partial charge < -0.3 is 10.2 Å². The number of nitrogens with zero attached hydrogens (tertiary/aromatic N) is 1. The van der Waals surface area contributed by atoms with Crippen molar-refractivity contribution in [3.63, 3.8) is 0 Å². The largest absolute Gasteiger partial charge is 0.339 e. The van der Waals surface area contributed by atoms with Crippen LogP contribution in [-0.2, 0) is 4.79 Å². The molecule has 1 N–H and O–H groups in total. The normalized spacial score (nSPS) is 17.4. The van der Waals surface area contributed by atoms with Crippen LogP contribution in [-0.4, -0.2) is 36.5 Å². The molecule has 1 saturated heterocycles. The zero-order valence-electron chi connectivity index (χ0n) is 15.2. The van der Waals surface area contributed by atoms with Crippen LogP contribution in [0.1, 0.15) is 66.7 Å². The van der Waals surface area contributed by atoms with Crippen LogP contribution in [0.15, 0.2) is 0 Å². The Balaban J connectivity index is 0.00000441. The smallest absolute Gasteiger partial charge is 0.223 e. The highest BCUT2D eigenvalue weighted by Gasteiger charge is 2.27. The van der Waals surface area contributed by atoms with Gasteiger partial charge in [0.25, 0.3) is 0 Å². The molecule has 1 fully saturated rings. The first-order chi connectivity index (χ1) is 9.99. The van der Waals surface area contributed by atoms with Gasteiger partial charge in [0.2, 0.25) is 5.91 Å². The van der Waals surface area contributed by atoms with Crippen molar-refractivity contribution in [2.24, 2.45) is 17.8 Å². The van der Waals surface area contributed by atoms with E-state index in [0.29, 0.717) is 23.8 Å². The molecule has 0 aliphatic carbocycles. The van der Waals surface area contributed by atoms with Crippen molar-refractivity contribution >= 4 is 18.3 Å². The van der Waals surface area contributed by atoms with E-state index in [4.69, 9.17) is 0 Å². The van der Waals surface area contributed by atoms with E-state index in [1.54, 1.807) is 0 Å². The number of halogens is 1. The van der Waals surface area contributed by atoms with E-state index in [2.05, 4.69) is 44.8 Å². The van der Waals surface area contributed by atoms with Crippen molar-refractivity contribution in [2.75, 3.05) is 19.6 Å². The number of hydrogen-bond acceptors (Lipinski definition) is 2. The molecular formula is C18H37ClN2O. The van der Waals surface area contributed by atoms with E-state index < -0.39 is 0 Å². The maximum atomic E-state index is 12.8. The highest BCUT2D eigenvalue weighted by Crippen LogP contribution is 2.26. The van der Waals surface area contributed by atoms with Crippen LogP contribution >= 0.6 is 12.4 Å². The van der Waals surface area contributed by atoms with Gasteiger partial charge in [-0.2, -0.15) is 0 Å². The molecular weight excluding hydrogens is 296 g/mol. The Kier molecular flexibility index (Phi) is 11.1. The van der Waals surface area contributed by atoms with Gasteiger partial charge in [0.15, 0.2) is 0 Å². The van der Waals surface area contributed by atoms with Crippen molar-refractivity contribution in [3.05, 3.63) is 0 Å². The summed E-state index contributed by atoms with van der Waals surface area (Å²) in [5.74, 6) is 2.16. The molecule has 0 aromatic rings. The molecule has 0 aromatic heterocycles. The van der Waals surface area contributed by atoms with E-state index in [0.717, 1.165) is 44.8 Å². The highest BCUT2D eigenvalue weighted by atomic mass is 35.5. The van der Waals surface area contributed by atoms with Gasteiger partial charge in [0.1, 0.15) is 0 Å². The second-order valence-corrected chi connectivity index (χ2v) is 7.18. The van der Waals surface area contributed by atoms with Crippen molar-refractivity contribution < 1.29 is 4.79 Å². The van der Waals surface area contributed by atoms with Gasteiger partial charge in [0, 0.05) is 19.0 Å². The number of carbonyl (C=O) groups excluding carboxylic acids is 1. The van der Waals surface area contributed by atoms with E-state index in [1.165, 1.54) is 12.8 Å². The molecule has 0 radical (unpaired) electrons. The molecule has 1 unspecified atom stereocenters. The SMILES string of the molecule is CCC(CC)N(CC(C)C)C(=O)CC(C)C1CCNCC1.Cl. The first kappa shape index (κ1) is 21.7. The summed E-state index contributed by atoms with van der Waals surface area (Å²) in [5.41, 5.74) is 0. The molecule has 0 bridgehead atoms. The molecule has 0 saturated carbocycles. The van der Waals surface area contributed by atoms with E-state index in [9.17, 15) is 4.79 Å². The lowest BCUT2D eigenvalue weighted by Gasteiger charge is -2.35. The van der Waals surface area contributed by atoms with E-state index >= 15 is 0 Å². The van der Waals surface area contributed by atoms with Gasteiger partial charge >= 0.3 is 0 Å². The molecule has 1 rings (SSSR count). The maximum absolute atomic E-state index is 12.8. The predicted octanol–water partition coefficient (Wildman–Crippen LogP) is 4.11. The zero-order chi connectivity index (χ0) is 15.8.